The zero-order valence-corrected chi connectivity index (χ0v) is 7.71. The van der Waals surface area contributed by atoms with Crippen LogP contribution in [0.4, 0.5) is 0 Å². The van der Waals surface area contributed by atoms with Crippen molar-refractivity contribution in [3.05, 3.63) is 0 Å². The van der Waals surface area contributed by atoms with Crippen molar-refractivity contribution >= 4 is 21.7 Å². The lowest BCUT2D eigenvalue weighted by atomic mass is 11.8. The summed E-state index contributed by atoms with van der Waals surface area (Å²) >= 11 is 0. The van der Waals surface area contributed by atoms with Crippen LogP contribution in [-0.2, 0) is 0 Å². The Kier molecular flexibility index (Phi) is 2.14. The summed E-state index contributed by atoms with van der Waals surface area (Å²) in [6, 6.07) is 0. The maximum Gasteiger partial charge on any atom is 0.0540 e. The van der Waals surface area contributed by atoms with Gasteiger partial charge in [0.25, 0.3) is 0 Å². The first-order chi connectivity index (χ1) is 2.94. The zero-order valence-electron chi connectivity index (χ0n) is 5.71. The Hall–Kier alpha value is 0.304. The Balaban J connectivity index is 3.79. The Labute approximate surface area is 48.6 Å². The first kappa shape index (κ1) is 7.30. The highest BCUT2D eigenvalue weighted by Crippen LogP contribution is 1.97. The van der Waals surface area contributed by atoms with E-state index in [1.165, 1.54) is 0 Å². The first-order valence-electron chi connectivity index (χ1n) is 2.60. The van der Waals surface area contributed by atoms with Gasteiger partial charge in [0.15, 0.2) is 0 Å². The van der Waals surface area contributed by atoms with Crippen molar-refractivity contribution < 1.29 is 0 Å². The molecule has 0 heterocycles. The molecule has 0 aliphatic rings. The van der Waals surface area contributed by atoms with Crippen molar-refractivity contribution in [1.29, 1.82) is 0 Å². The molecule has 0 aliphatic heterocycles. The van der Waals surface area contributed by atoms with E-state index in [1.807, 2.05) is 0 Å². The molecule has 0 aliphatic carbocycles. The fourth-order valence-electron chi connectivity index (χ4n) is 0. The zero-order chi connectivity index (χ0) is 6.08. The van der Waals surface area contributed by atoms with Gasteiger partial charge >= 0.3 is 0 Å². The molecule has 0 unspecified atom stereocenters. The van der Waals surface area contributed by atoms with Crippen LogP contribution >= 0.6 is 0 Å². The summed E-state index contributed by atoms with van der Waals surface area (Å²) < 4.78 is 0. The maximum absolute atomic E-state index is 4.07. The molecule has 0 nitrogen and oxygen atoms in total. The summed E-state index contributed by atoms with van der Waals surface area (Å²) in [4.78, 5) is 0. The molecule has 0 bridgehead atoms. The van der Waals surface area contributed by atoms with E-state index in [1.54, 1.807) is 0 Å². The molecule has 0 aromatic rings. The fraction of sp³-hybridized carbons (Fsp3) is 0.800. The summed E-state index contributed by atoms with van der Waals surface area (Å²) in [5.74, 6) is 0. The van der Waals surface area contributed by atoms with Crippen molar-refractivity contribution in [2.75, 3.05) is 0 Å². The van der Waals surface area contributed by atoms with E-state index in [0.717, 1.165) is 0 Å². The molecule has 0 radical (unpaired) electrons. The van der Waals surface area contributed by atoms with Crippen LogP contribution in [0.5, 0.6) is 0 Å². The van der Waals surface area contributed by atoms with Crippen LogP contribution in [0.15, 0.2) is 0 Å². The van der Waals surface area contributed by atoms with E-state index < -0.39 is 7.59 Å². The average Bonchev–Trinajstić information content (AvgIpc) is 1.31. The third-order valence-corrected chi connectivity index (χ3v) is 11.5. The quantitative estimate of drug-likeness (QED) is 0.472. The lowest BCUT2D eigenvalue weighted by molar-refractivity contribution is 1.84. The largest absolute Gasteiger partial charge is 0.121 e. The lowest BCUT2D eigenvalue weighted by Crippen LogP contribution is -2.32. The summed E-state index contributed by atoms with van der Waals surface area (Å²) in [5, 5.41) is 0. The van der Waals surface area contributed by atoms with Crippen LogP contribution in [0, 0.1) is 0 Å². The molecule has 0 atom stereocenters. The van der Waals surface area contributed by atoms with E-state index in [0.29, 0.717) is 0 Å². The normalized spacial score (nSPS) is 11.4. The topological polar surface area (TPSA) is 0 Å². The Bertz CT molecular complexity index is 78.6. The second-order valence-corrected chi connectivity index (χ2v) is 16.2. The van der Waals surface area contributed by atoms with Gasteiger partial charge in [0, 0.05) is 0 Å². The van der Waals surface area contributed by atoms with Crippen LogP contribution in [0.3, 0.4) is 0 Å². The van der Waals surface area contributed by atoms with E-state index in [9.17, 15) is 0 Å². The van der Waals surface area contributed by atoms with Crippen LogP contribution in [0.2, 0.25) is 26.2 Å². The van der Waals surface area contributed by atoms with Crippen molar-refractivity contribution in [1.82, 2.24) is 0 Å². The average molecular weight is 130 g/mol. The summed E-state index contributed by atoms with van der Waals surface area (Å²) in [6.45, 7) is 9.45. The molecule has 0 fully saturated rings. The van der Waals surface area contributed by atoms with E-state index in [2.05, 4.69) is 32.4 Å². The van der Waals surface area contributed by atoms with Gasteiger partial charge in [-0.3, -0.25) is 0 Å². The molecule has 2 heteroatoms. The molecule has 0 saturated heterocycles. The first-order valence-corrected chi connectivity index (χ1v) is 9.31. The SMILES string of the molecule is C=[Si](C)[Si](C)(C)C. The second kappa shape index (κ2) is 2.05. The minimum Gasteiger partial charge on any atom is -0.121 e. The van der Waals surface area contributed by atoms with Gasteiger partial charge in [-0.25, -0.2) is 0 Å². The molecular formula is C5H14Si2. The molecule has 7 heavy (non-hydrogen) atoms. The molecule has 0 rings (SSSR count). The van der Waals surface area contributed by atoms with E-state index in [-0.39, 0.29) is 7.93 Å². The molecule has 0 aromatic heterocycles. The molecule has 0 amide bonds. The van der Waals surface area contributed by atoms with Gasteiger partial charge in [0.2, 0.25) is 0 Å². The molecular weight excluding hydrogens is 116 g/mol. The van der Waals surface area contributed by atoms with Crippen molar-refractivity contribution in [2.45, 2.75) is 26.2 Å². The monoisotopic (exact) mass is 130 g/mol. The summed E-state index contributed by atoms with van der Waals surface area (Å²) in [5.41, 5.74) is 0. The minimum atomic E-state index is -0.744. The molecule has 0 N–H and O–H groups in total. The number of hydrogen-bond donors (Lipinski definition) is 0. The molecule has 0 saturated carbocycles. The second-order valence-electron chi connectivity index (χ2n) is 3.03. The number of hydrogen-bond acceptors (Lipinski definition) is 0. The van der Waals surface area contributed by atoms with Gasteiger partial charge in [-0.05, 0) is 7.93 Å². The molecule has 42 valence electrons. The standard InChI is InChI=1S/C5H14Si2/c1-6(2)7(3,4)5/h1H2,2-5H3. The highest BCUT2D eigenvalue weighted by Gasteiger charge is 2.12. The summed E-state index contributed by atoms with van der Waals surface area (Å²) in [6.07, 6.45) is 4.07. The third kappa shape index (κ3) is 2.94. The van der Waals surface area contributed by atoms with Crippen LogP contribution in [0.1, 0.15) is 0 Å². The third-order valence-electron chi connectivity index (χ3n) is 1.28. The fourth-order valence-corrected chi connectivity index (χ4v) is 0. The van der Waals surface area contributed by atoms with Crippen LogP contribution in [0.25, 0.3) is 0 Å². The minimum absolute atomic E-state index is 0.161. The molecule has 0 spiro atoms. The smallest absolute Gasteiger partial charge is 0.0540 e. The van der Waals surface area contributed by atoms with Gasteiger partial charge in [-0.15, -0.1) is 6.17 Å². The Morgan fingerprint density at radius 2 is 1.43 bits per heavy atom. The highest BCUT2D eigenvalue weighted by atomic mass is 29.2. The Morgan fingerprint density at radius 3 is 1.43 bits per heavy atom. The Morgan fingerprint density at radius 1 is 1.29 bits per heavy atom. The van der Waals surface area contributed by atoms with Crippen molar-refractivity contribution in [2.24, 2.45) is 0 Å². The van der Waals surface area contributed by atoms with Gasteiger partial charge < -0.3 is 0 Å². The lowest BCUT2D eigenvalue weighted by Gasteiger charge is -2.13. The maximum atomic E-state index is 4.07. The van der Waals surface area contributed by atoms with Gasteiger partial charge in [-0.2, -0.15) is 0 Å². The highest BCUT2D eigenvalue weighted by molar-refractivity contribution is 7.30. The number of rotatable bonds is 1. The van der Waals surface area contributed by atoms with Crippen LogP contribution < -0.4 is 0 Å². The van der Waals surface area contributed by atoms with E-state index in [4.69, 9.17) is 0 Å². The molecule has 0 aromatic carbocycles. The van der Waals surface area contributed by atoms with Gasteiger partial charge in [0.1, 0.15) is 0 Å². The van der Waals surface area contributed by atoms with E-state index >= 15 is 0 Å². The van der Waals surface area contributed by atoms with Crippen molar-refractivity contribution in [3.63, 3.8) is 0 Å². The van der Waals surface area contributed by atoms with Crippen molar-refractivity contribution in [3.8, 4) is 0 Å². The predicted molar refractivity (Wildman–Crippen MR) is 42.1 cm³/mol. The van der Waals surface area contributed by atoms with Crippen LogP contribution in [-0.4, -0.2) is 21.7 Å². The van der Waals surface area contributed by atoms with Gasteiger partial charge in [0.05, 0.1) is 7.59 Å². The van der Waals surface area contributed by atoms with Gasteiger partial charge in [-0.1, -0.05) is 26.2 Å². The predicted octanol–water partition coefficient (Wildman–Crippen LogP) is 1.54. The summed E-state index contributed by atoms with van der Waals surface area (Å²) in [7, 11) is -0.905.